The molecule has 1 aromatic carbocycles. The van der Waals surface area contributed by atoms with Gasteiger partial charge in [-0.25, -0.2) is 14.4 Å². The molecule has 0 unspecified atom stereocenters. The Balaban J connectivity index is 1.33. The van der Waals surface area contributed by atoms with Crippen LogP contribution < -0.4 is 10.6 Å². The van der Waals surface area contributed by atoms with Crippen LogP contribution in [-0.4, -0.2) is 36.5 Å². The van der Waals surface area contributed by atoms with E-state index < -0.39 is 17.6 Å². The number of aromatic nitrogens is 5. The molecule has 3 heterocycles. The van der Waals surface area contributed by atoms with Crippen molar-refractivity contribution in [2.75, 3.05) is 10.6 Å². The second-order valence-electron chi connectivity index (χ2n) is 8.89. The van der Waals surface area contributed by atoms with E-state index in [1.807, 2.05) is 24.5 Å². The minimum Gasteiger partial charge on any atom is -0.321 e. The predicted octanol–water partition coefficient (Wildman–Crippen LogP) is 4.84. The number of rotatable bonds is 7. The Morgan fingerprint density at radius 1 is 1.00 bits per heavy atom. The number of nitrogens with zero attached hydrogens (tertiary/aromatic N) is 5. The van der Waals surface area contributed by atoms with Crippen LogP contribution in [0, 0.1) is 5.82 Å². The van der Waals surface area contributed by atoms with E-state index in [1.54, 1.807) is 36.7 Å². The number of nitrogens with one attached hydrogen (secondary N) is 2. The number of halogens is 1. The van der Waals surface area contributed by atoms with Gasteiger partial charge in [0.05, 0.1) is 5.56 Å². The molecule has 2 amide bonds. The molecule has 9 nitrogen and oxygen atoms in total. The van der Waals surface area contributed by atoms with Crippen LogP contribution >= 0.6 is 0 Å². The minimum absolute atomic E-state index is 0.119. The number of carbonyl (C=O) groups excluding carboxylic acids is 2. The highest BCUT2D eigenvalue weighted by Gasteiger charge is 2.25. The van der Waals surface area contributed by atoms with Gasteiger partial charge < -0.3 is 15.2 Å². The van der Waals surface area contributed by atoms with Gasteiger partial charge in [0.15, 0.2) is 5.82 Å². The van der Waals surface area contributed by atoms with Crippen molar-refractivity contribution in [3.63, 3.8) is 0 Å². The molecular weight excluding hydrogens is 461 g/mol. The molecule has 0 radical (unpaired) electrons. The molecule has 3 aromatic heterocycles. The Morgan fingerprint density at radius 2 is 1.81 bits per heavy atom. The Hall–Kier alpha value is -4.47. The van der Waals surface area contributed by atoms with Crippen molar-refractivity contribution in [1.29, 1.82) is 0 Å². The number of benzene rings is 1. The Labute approximate surface area is 206 Å². The zero-order valence-electron chi connectivity index (χ0n) is 19.8. The fourth-order valence-electron chi connectivity index (χ4n) is 3.77. The van der Waals surface area contributed by atoms with Crippen molar-refractivity contribution in [3.8, 4) is 11.5 Å². The number of hydrogen-bond acceptors (Lipinski definition) is 6. The van der Waals surface area contributed by atoms with Crippen LogP contribution in [0.25, 0.3) is 11.5 Å². The average Bonchev–Trinajstić information content (AvgIpc) is 3.61. The highest BCUT2D eigenvalue weighted by molar-refractivity contribution is 6.06. The molecule has 0 aliphatic heterocycles. The number of carbonyl (C=O) groups is 2. The van der Waals surface area contributed by atoms with Crippen LogP contribution in [-0.2, 0) is 0 Å². The smallest absolute Gasteiger partial charge is 0.274 e. The summed E-state index contributed by atoms with van der Waals surface area (Å²) >= 11 is 0. The first-order valence-corrected chi connectivity index (χ1v) is 11.6. The molecule has 36 heavy (non-hydrogen) atoms. The minimum atomic E-state index is -0.727. The molecule has 182 valence electrons. The van der Waals surface area contributed by atoms with Gasteiger partial charge in [-0.15, -0.1) is 10.2 Å². The highest BCUT2D eigenvalue weighted by Crippen LogP contribution is 2.38. The first-order valence-electron chi connectivity index (χ1n) is 11.6. The summed E-state index contributed by atoms with van der Waals surface area (Å²) in [6.45, 7) is 3.99. The summed E-state index contributed by atoms with van der Waals surface area (Å²) < 4.78 is 16.4. The second-order valence-corrected chi connectivity index (χ2v) is 8.89. The Bertz CT molecular complexity index is 1450. The summed E-state index contributed by atoms with van der Waals surface area (Å²) in [6, 6.07) is 14.3. The molecule has 4 aromatic rings. The van der Waals surface area contributed by atoms with Crippen molar-refractivity contribution in [1.82, 2.24) is 24.7 Å². The molecule has 1 aliphatic carbocycles. The lowest BCUT2D eigenvalue weighted by molar-refractivity contribution is 0.101. The second kappa shape index (κ2) is 9.65. The maximum Gasteiger partial charge on any atom is 0.274 e. The van der Waals surface area contributed by atoms with Crippen molar-refractivity contribution >= 4 is 23.3 Å². The van der Waals surface area contributed by atoms with E-state index >= 15 is 0 Å². The first kappa shape index (κ1) is 23.3. The molecule has 10 heteroatoms. The van der Waals surface area contributed by atoms with E-state index in [2.05, 4.69) is 30.8 Å². The Morgan fingerprint density at radius 3 is 2.58 bits per heavy atom. The van der Waals surface area contributed by atoms with Gasteiger partial charge in [-0.05, 0) is 69.2 Å². The summed E-state index contributed by atoms with van der Waals surface area (Å²) in [7, 11) is 0. The SMILES string of the molecule is CC(C)n1cnnc1-c1cccc(NC(=O)c2cc(NC(=O)c3cccc(C4CC4)n3)ccc2F)n1. The van der Waals surface area contributed by atoms with Crippen LogP contribution in [0.2, 0.25) is 0 Å². The normalized spacial score (nSPS) is 13.0. The fraction of sp³-hybridized carbons (Fsp3) is 0.231. The largest absolute Gasteiger partial charge is 0.321 e. The number of amides is 2. The summed E-state index contributed by atoms with van der Waals surface area (Å²) in [5, 5.41) is 13.4. The van der Waals surface area contributed by atoms with Crippen molar-refractivity contribution in [2.24, 2.45) is 0 Å². The zero-order valence-corrected chi connectivity index (χ0v) is 19.8. The van der Waals surface area contributed by atoms with Gasteiger partial charge in [0.25, 0.3) is 11.8 Å². The van der Waals surface area contributed by atoms with Gasteiger partial charge in [0.2, 0.25) is 0 Å². The van der Waals surface area contributed by atoms with Crippen LogP contribution in [0.5, 0.6) is 0 Å². The van der Waals surface area contributed by atoms with E-state index in [0.29, 0.717) is 17.4 Å². The molecule has 0 saturated heterocycles. The maximum absolute atomic E-state index is 14.5. The van der Waals surface area contributed by atoms with Crippen molar-refractivity contribution in [3.05, 3.63) is 83.7 Å². The summed E-state index contributed by atoms with van der Waals surface area (Å²) in [5.74, 6) is -0.670. The molecule has 1 saturated carbocycles. The molecule has 1 aliphatic rings. The summed E-state index contributed by atoms with van der Waals surface area (Å²) in [5.41, 5.74) is 1.72. The predicted molar refractivity (Wildman–Crippen MR) is 132 cm³/mol. The first-order chi connectivity index (χ1) is 17.4. The molecule has 0 atom stereocenters. The third-order valence-electron chi connectivity index (χ3n) is 5.82. The zero-order chi connectivity index (χ0) is 25.2. The van der Waals surface area contributed by atoms with Crippen LogP contribution in [0.1, 0.15) is 65.2 Å². The van der Waals surface area contributed by atoms with Crippen molar-refractivity contribution < 1.29 is 14.0 Å². The van der Waals surface area contributed by atoms with Crippen LogP contribution in [0.4, 0.5) is 15.9 Å². The van der Waals surface area contributed by atoms with E-state index in [1.165, 1.54) is 12.1 Å². The molecule has 1 fully saturated rings. The highest BCUT2D eigenvalue weighted by atomic mass is 19.1. The van der Waals surface area contributed by atoms with Crippen LogP contribution in [0.3, 0.4) is 0 Å². The van der Waals surface area contributed by atoms with Gasteiger partial charge in [-0.2, -0.15) is 0 Å². The number of pyridine rings is 2. The van der Waals surface area contributed by atoms with Gasteiger partial charge in [0, 0.05) is 23.3 Å². The van der Waals surface area contributed by atoms with Gasteiger partial charge >= 0.3 is 0 Å². The van der Waals surface area contributed by atoms with Crippen LogP contribution in [0.15, 0.2) is 60.9 Å². The molecule has 5 rings (SSSR count). The quantitative estimate of drug-likeness (QED) is 0.387. The standard InChI is InChI=1S/C26H24FN7O2/c1-15(2)34-14-28-33-24(34)21-6-4-8-23(31-21)32-25(35)18-13-17(11-12-19(18)27)29-26(36)22-7-3-5-20(30-22)16-9-10-16/h3-8,11-16H,9-10H2,1-2H3,(H,29,36)(H,31,32,35). The molecule has 0 spiro atoms. The lowest BCUT2D eigenvalue weighted by Crippen LogP contribution is -2.17. The van der Waals surface area contributed by atoms with Gasteiger partial charge in [0.1, 0.15) is 29.4 Å². The number of hydrogen-bond donors (Lipinski definition) is 2. The van der Waals surface area contributed by atoms with E-state index in [0.717, 1.165) is 24.6 Å². The molecule has 2 N–H and O–H groups in total. The topological polar surface area (TPSA) is 115 Å². The van der Waals surface area contributed by atoms with Gasteiger partial charge in [-0.1, -0.05) is 12.1 Å². The molecular formula is C26H24FN7O2. The van der Waals surface area contributed by atoms with Crippen molar-refractivity contribution in [2.45, 2.75) is 38.6 Å². The monoisotopic (exact) mass is 485 g/mol. The Kier molecular flexibility index (Phi) is 6.24. The lowest BCUT2D eigenvalue weighted by Gasteiger charge is -2.11. The third kappa shape index (κ3) is 4.97. The summed E-state index contributed by atoms with van der Waals surface area (Å²) in [4.78, 5) is 34.5. The summed E-state index contributed by atoms with van der Waals surface area (Å²) in [6.07, 6.45) is 3.76. The van der Waals surface area contributed by atoms with Gasteiger partial charge in [-0.3, -0.25) is 9.59 Å². The fourth-order valence-corrected chi connectivity index (χ4v) is 3.77. The lowest BCUT2D eigenvalue weighted by atomic mass is 10.1. The van der Waals surface area contributed by atoms with E-state index in [4.69, 9.17) is 0 Å². The third-order valence-corrected chi connectivity index (χ3v) is 5.82. The maximum atomic E-state index is 14.5. The average molecular weight is 486 g/mol. The number of anilines is 2. The van der Waals surface area contributed by atoms with E-state index in [9.17, 15) is 14.0 Å². The molecule has 0 bridgehead atoms. The van der Waals surface area contributed by atoms with E-state index in [-0.39, 0.29) is 28.8 Å².